The third-order valence-electron chi connectivity index (χ3n) is 10.8. The monoisotopic (exact) mass is 1050 g/mol. The van der Waals surface area contributed by atoms with Crippen LogP contribution in [0, 0.1) is 0 Å². The van der Waals surface area contributed by atoms with E-state index in [0.29, 0.717) is 19.3 Å². The van der Waals surface area contributed by atoms with Gasteiger partial charge in [0.05, 0.1) is 19.8 Å². The Labute approximate surface area is 448 Å². The molecule has 0 rings (SSSR count). The number of aliphatic hydroxyl groups is 1. The van der Waals surface area contributed by atoms with Crippen molar-refractivity contribution in [3.05, 3.63) is 146 Å². The third kappa shape index (κ3) is 52.2. The van der Waals surface area contributed by atoms with Gasteiger partial charge < -0.3 is 24.2 Å². The molecule has 0 saturated carbocycles. The Hall–Kier alpha value is -4.64. The summed E-state index contributed by atoms with van der Waals surface area (Å²) in [5, 5.41) is 9.78. The van der Waals surface area contributed by atoms with Crippen molar-refractivity contribution in [3.63, 3.8) is 0 Å². The molecule has 0 aromatic rings. The molecule has 3 atom stereocenters. The maximum Gasteiger partial charge on any atom is 0.472 e. The Balaban J connectivity index is 4.90. The second kappa shape index (κ2) is 54.6. The number of phosphoric acid groups is 1. The van der Waals surface area contributed by atoms with E-state index in [1.807, 2.05) is 18.2 Å². The van der Waals surface area contributed by atoms with Crippen LogP contribution in [0.15, 0.2) is 146 Å². The highest BCUT2D eigenvalue weighted by molar-refractivity contribution is 7.47. The van der Waals surface area contributed by atoms with E-state index in [1.54, 1.807) is 0 Å². The predicted molar refractivity (Wildman–Crippen MR) is 306 cm³/mol. The standard InChI is InChI=1S/C62H97O11P/c1-4-7-10-13-16-19-22-25-27-28-29-30-32-35-38-41-44-47-50-53-62(66)73-59(55-69-60(64)51-48-45-42-39-36-34-31-26-23-20-17-14-11-8-5-2)57-71-74(67,68)70-56-58(54-63)72-61(65)52-49-46-43-40-37-33-24-21-18-15-12-9-6-3/h7-12,16-21,25-27,29-31,33,36-37,39,43,46,58-59,63H,4-6,13-15,22-24,28,32,34-35,38,40-42,44-45,47-57H2,1-3H3,(H,67,68)/b10-7-,11-8-,12-9-,19-16-,20-17-,21-18-,27-25-,30-29-,31-26-,37-33-,39-36-,46-43-. The van der Waals surface area contributed by atoms with Gasteiger partial charge in [0, 0.05) is 19.3 Å². The zero-order valence-corrected chi connectivity index (χ0v) is 46.6. The Kier molecular flexibility index (Phi) is 51.2. The Morgan fingerprint density at radius 1 is 0.378 bits per heavy atom. The molecule has 0 aliphatic rings. The molecule has 0 aliphatic heterocycles. The van der Waals surface area contributed by atoms with Gasteiger partial charge in [-0.1, -0.05) is 192 Å². The summed E-state index contributed by atoms with van der Waals surface area (Å²) in [5.41, 5.74) is 0. The van der Waals surface area contributed by atoms with E-state index in [9.17, 15) is 28.9 Å². The van der Waals surface area contributed by atoms with Gasteiger partial charge in [-0.15, -0.1) is 0 Å². The number of hydrogen-bond donors (Lipinski definition) is 2. The van der Waals surface area contributed by atoms with Gasteiger partial charge in [-0.2, -0.15) is 0 Å². The molecule has 3 unspecified atom stereocenters. The fourth-order valence-corrected chi connectivity index (χ4v) is 7.43. The second-order valence-corrected chi connectivity index (χ2v) is 19.1. The first kappa shape index (κ1) is 69.4. The van der Waals surface area contributed by atoms with Crippen LogP contribution in [0.5, 0.6) is 0 Å². The van der Waals surface area contributed by atoms with Crippen LogP contribution in [-0.2, 0) is 42.2 Å². The Morgan fingerprint density at radius 3 is 1.12 bits per heavy atom. The number of carbonyl (C=O) groups excluding carboxylic acids is 3. The maximum absolute atomic E-state index is 12.9. The van der Waals surface area contributed by atoms with E-state index in [1.165, 1.54) is 0 Å². The van der Waals surface area contributed by atoms with E-state index in [-0.39, 0.29) is 25.9 Å². The summed E-state index contributed by atoms with van der Waals surface area (Å²) < 4.78 is 39.3. The lowest BCUT2D eigenvalue weighted by molar-refractivity contribution is -0.161. The lowest BCUT2D eigenvalue weighted by Crippen LogP contribution is -2.30. The third-order valence-corrected chi connectivity index (χ3v) is 11.7. The summed E-state index contributed by atoms with van der Waals surface area (Å²) in [7, 11) is -4.79. The lowest BCUT2D eigenvalue weighted by atomic mass is 10.1. The largest absolute Gasteiger partial charge is 0.472 e. The molecule has 0 aliphatic carbocycles. The molecule has 2 N–H and O–H groups in total. The van der Waals surface area contributed by atoms with Gasteiger partial charge in [0.2, 0.25) is 0 Å². The van der Waals surface area contributed by atoms with E-state index < -0.39 is 57.8 Å². The van der Waals surface area contributed by atoms with Crippen molar-refractivity contribution in [2.45, 2.75) is 200 Å². The molecule has 0 amide bonds. The molecule has 0 fully saturated rings. The van der Waals surface area contributed by atoms with Crippen LogP contribution in [-0.4, -0.2) is 66.5 Å². The summed E-state index contributed by atoms with van der Waals surface area (Å²) in [6.07, 6.45) is 69.7. The predicted octanol–water partition coefficient (Wildman–Crippen LogP) is 16.4. The molecular formula is C62H97O11P. The fraction of sp³-hybridized carbons (Fsp3) is 0.565. The molecular weight excluding hydrogens is 952 g/mol. The highest BCUT2D eigenvalue weighted by Crippen LogP contribution is 2.43. The second-order valence-electron chi connectivity index (χ2n) is 17.6. The first-order valence-electron chi connectivity index (χ1n) is 27.7. The minimum atomic E-state index is -4.79. The fourth-order valence-electron chi connectivity index (χ4n) is 6.64. The first-order chi connectivity index (χ1) is 36.2. The van der Waals surface area contributed by atoms with Crippen LogP contribution < -0.4 is 0 Å². The van der Waals surface area contributed by atoms with Crippen molar-refractivity contribution < 1.29 is 52.2 Å². The molecule has 0 spiro atoms. The van der Waals surface area contributed by atoms with E-state index in [2.05, 4.69) is 148 Å². The maximum atomic E-state index is 12.9. The first-order valence-corrected chi connectivity index (χ1v) is 29.2. The van der Waals surface area contributed by atoms with Crippen molar-refractivity contribution >= 4 is 25.7 Å². The number of rotatable bonds is 49. The molecule has 0 radical (unpaired) electrons. The summed E-state index contributed by atoms with van der Waals surface area (Å²) >= 11 is 0. The number of unbranched alkanes of at least 4 members (excludes halogenated alkanes) is 8. The normalized spacial score (nSPS) is 14.5. The number of esters is 3. The summed E-state index contributed by atoms with van der Waals surface area (Å²) in [6, 6.07) is 0. The van der Waals surface area contributed by atoms with Crippen LogP contribution >= 0.6 is 7.82 Å². The van der Waals surface area contributed by atoms with E-state index in [0.717, 1.165) is 128 Å². The molecule has 0 heterocycles. The minimum Gasteiger partial charge on any atom is -0.462 e. The van der Waals surface area contributed by atoms with Gasteiger partial charge in [-0.3, -0.25) is 23.4 Å². The van der Waals surface area contributed by atoms with Crippen molar-refractivity contribution in [1.82, 2.24) is 0 Å². The average Bonchev–Trinajstić information content (AvgIpc) is 3.39. The molecule has 0 bridgehead atoms. The molecule has 0 aromatic heterocycles. The number of allylic oxidation sites excluding steroid dienone is 24. The zero-order valence-electron chi connectivity index (χ0n) is 45.7. The highest BCUT2D eigenvalue weighted by atomic mass is 31.2. The van der Waals surface area contributed by atoms with Crippen LogP contribution in [0.1, 0.15) is 188 Å². The Bertz CT molecular complexity index is 1800. The van der Waals surface area contributed by atoms with E-state index in [4.69, 9.17) is 23.3 Å². The van der Waals surface area contributed by atoms with Gasteiger partial charge in [0.1, 0.15) is 12.7 Å². The summed E-state index contributed by atoms with van der Waals surface area (Å²) in [4.78, 5) is 48.4. The lowest BCUT2D eigenvalue weighted by Gasteiger charge is -2.21. The minimum absolute atomic E-state index is 0.0440. The molecule has 0 saturated heterocycles. The highest BCUT2D eigenvalue weighted by Gasteiger charge is 2.28. The smallest absolute Gasteiger partial charge is 0.462 e. The quantitative estimate of drug-likeness (QED) is 0.0197. The van der Waals surface area contributed by atoms with Gasteiger partial charge >= 0.3 is 25.7 Å². The van der Waals surface area contributed by atoms with Crippen LogP contribution in [0.4, 0.5) is 0 Å². The van der Waals surface area contributed by atoms with Crippen molar-refractivity contribution in [2.75, 3.05) is 26.4 Å². The number of carbonyl (C=O) groups is 3. The van der Waals surface area contributed by atoms with E-state index >= 15 is 0 Å². The molecule has 11 nitrogen and oxygen atoms in total. The van der Waals surface area contributed by atoms with Crippen molar-refractivity contribution in [2.24, 2.45) is 0 Å². The number of ether oxygens (including phenoxy) is 3. The van der Waals surface area contributed by atoms with Crippen LogP contribution in [0.3, 0.4) is 0 Å². The summed E-state index contributed by atoms with van der Waals surface area (Å²) in [5.74, 6) is -1.64. The van der Waals surface area contributed by atoms with Gasteiger partial charge in [-0.25, -0.2) is 4.57 Å². The summed E-state index contributed by atoms with van der Waals surface area (Å²) in [6.45, 7) is 4.12. The van der Waals surface area contributed by atoms with Crippen LogP contribution in [0.25, 0.3) is 0 Å². The van der Waals surface area contributed by atoms with Crippen molar-refractivity contribution in [3.8, 4) is 0 Å². The number of hydrogen-bond acceptors (Lipinski definition) is 10. The number of aliphatic hydroxyl groups excluding tert-OH is 1. The molecule has 416 valence electrons. The molecule has 74 heavy (non-hydrogen) atoms. The molecule has 0 aromatic carbocycles. The van der Waals surface area contributed by atoms with Crippen LogP contribution in [0.2, 0.25) is 0 Å². The molecule has 12 heteroatoms. The van der Waals surface area contributed by atoms with Gasteiger partial charge in [0.25, 0.3) is 0 Å². The zero-order chi connectivity index (χ0) is 54.1. The average molecular weight is 1050 g/mol. The van der Waals surface area contributed by atoms with Gasteiger partial charge in [0.15, 0.2) is 6.10 Å². The van der Waals surface area contributed by atoms with Gasteiger partial charge in [-0.05, 0) is 122 Å². The Morgan fingerprint density at radius 2 is 0.689 bits per heavy atom. The van der Waals surface area contributed by atoms with Crippen molar-refractivity contribution in [1.29, 1.82) is 0 Å². The topological polar surface area (TPSA) is 155 Å². The SMILES string of the molecule is CC/C=C\C/C=C\C/C=C\C/C=C\CCCCCCCCC(=O)OC(COC(=O)CCCC/C=C\C/C=C\C/C=C\C/C=C\CC)COP(=O)(O)OCC(CO)OC(=O)CC/C=C\C/C=C\C/C=C\C/C=C\CC. The number of phosphoric ester groups is 1.